The second-order valence-electron chi connectivity index (χ2n) is 2.46. The van der Waals surface area contributed by atoms with E-state index in [-0.39, 0.29) is 5.37 Å². The number of likely N-dealkylation sites (N-methyl/N-ethyl adjacent to an activating group) is 1. The molecule has 1 aliphatic heterocycles. The Morgan fingerprint density at radius 1 is 1.80 bits per heavy atom. The lowest BCUT2D eigenvalue weighted by molar-refractivity contribution is -0.118. The Labute approximate surface area is 66.0 Å². The van der Waals surface area contributed by atoms with Crippen LogP contribution in [0.15, 0.2) is 0 Å². The van der Waals surface area contributed by atoms with E-state index in [0.717, 1.165) is 18.8 Å². The second kappa shape index (κ2) is 3.39. The van der Waals surface area contributed by atoms with Crippen LogP contribution in [0.2, 0.25) is 0 Å². The highest BCUT2D eigenvalue weighted by atomic mass is 32.2. The minimum Gasteiger partial charge on any atom is -0.297 e. The van der Waals surface area contributed by atoms with E-state index in [1.807, 2.05) is 0 Å². The predicted octanol–water partition coefficient (Wildman–Crippen LogP) is 0.970. The number of Topliss-reactive ketones (excluding diaryl/α,β-unsaturated/α-hetero) is 1. The fraction of sp³-hybridized carbons (Fsp3) is 0.857. The molecule has 0 aromatic carbocycles. The molecular weight excluding hydrogens is 146 g/mol. The molecule has 1 unspecified atom stereocenters. The number of nitrogens with zero attached hydrogens (tertiary/aromatic N) is 1. The summed E-state index contributed by atoms with van der Waals surface area (Å²) < 4.78 is 0. The summed E-state index contributed by atoms with van der Waals surface area (Å²) in [6, 6.07) is 0. The summed E-state index contributed by atoms with van der Waals surface area (Å²) in [4.78, 5) is 13.2. The maximum absolute atomic E-state index is 11.0. The first-order valence-electron chi connectivity index (χ1n) is 3.61. The van der Waals surface area contributed by atoms with Crippen molar-refractivity contribution in [3.63, 3.8) is 0 Å². The molecule has 0 aromatic heterocycles. The molecule has 58 valence electrons. The minimum atomic E-state index is 0.157. The van der Waals surface area contributed by atoms with E-state index in [1.54, 1.807) is 18.7 Å². The Hall–Kier alpha value is -0.0200. The molecule has 0 spiro atoms. The van der Waals surface area contributed by atoms with Gasteiger partial charge >= 0.3 is 0 Å². The first-order chi connectivity index (χ1) is 4.75. The summed E-state index contributed by atoms with van der Waals surface area (Å²) in [5.74, 6) is 1.40. The van der Waals surface area contributed by atoms with Crippen molar-refractivity contribution in [3.05, 3.63) is 0 Å². The first-order valence-corrected chi connectivity index (χ1v) is 4.66. The van der Waals surface area contributed by atoms with E-state index >= 15 is 0 Å². The maximum Gasteiger partial charge on any atom is 0.157 e. The van der Waals surface area contributed by atoms with Crippen LogP contribution < -0.4 is 0 Å². The van der Waals surface area contributed by atoms with Crippen LogP contribution in [0.3, 0.4) is 0 Å². The van der Waals surface area contributed by atoms with Gasteiger partial charge in [0.05, 0.1) is 0 Å². The number of carbonyl (C=O) groups is 1. The highest BCUT2D eigenvalue weighted by molar-refractivity contribution is 8.00. The number of thioether (sulfide) groups is 1. The van der Waals surface area contributed by atoms with E-state index < -0.39 is 0 Å². The Balaban J connectivity index is 2.50. The molecule has 1 aliphatic rings. The van der Waals surface area contributed by atoms with Gasteiger partial charge in [-0.1, -0.05) is 6.92 Å². The van der Waals surface area contributed by atoms with E-state index in [2.05, 4.69) is 11.8 Å². The van der Waals surface area contributed by atoms with Crippen LogP contribution in [0.5, 0.6) is 0 Å². The van der Waals surface area contributed by atoms with E-state index in [9.17, 15) is 4.79 Å². The SMILES string of the molecule is CCN1CCSC1C(C)=O. The fourth-order valence-corrected chi connectivity index (χ4v) is 2.47. The normalized spacial score (nSPS) is 27.2. The van der Waals surface area contributed by atoms with Crippen LogP contribution in [-0.2, 0) is 4.79 Å². The number of hydrogen-bond donors (Lipinski definition) is 0. The van der Waals surface area contributed by atoms with Crippen molar-refractivity contribution in [2.45, 2.75) is 19.2 Å². The third kappa shape index (κ3) is 1.52. The van der Waals surface area contributed by atoms with Gasteiger partial charge in [0, 0.05) is 12.3 Å². The number of ketones is 1. The molecule has 0 bridgehead atoms. The smallest absolute Gasteiger partial charge is 0.157 e. The number of rotatable bonds is 2. The molecule has 0 radical (unpaired) electrons. The zero-order valence-electron chi connectivity index (χ0n) is 6.46. The van der Waals surface area contributed by atoms with Gasteiger partial charge in [-0.2, -0.15) is 0 Å². The molecule has 0 saturated carbocycles. The van der Waals surface area contributed by atoms with Crippen LogP contribution in [0.1, 0.15) is 13.8 Å². The third-order valence-electron chi connectivity index (χ3n) is 1.74. The second-order valence-corrected chi connectivity index (χ2v) is 3.65. The van der Waals surface area contributed by atoms with Crippen molar-refractivity contribution in [3.8, 4) is 0 Å². The van der Waals surface area contributed by atoms with Gasteiger partial charge in [-0.25, -0.2) is 0 Å². The topological polar surface area (TPSA) is 20.3 Å². The molecule has 1 rings (SSSR count). The quantitative estimate of drug-likeness (QED) is 0.599. The van der Waals surface area contributed by atoms with Gasteiger partial charge in [0.15, 0.2) is 5.78 Å². The molecule has 10 heavy (non-hydrogen) atoms. The molecule has 2 nitrogen and oxygen atoms in total. The van der Waals surface area contributed by atoms with Crippen molar-refractivity contribution in [2.24, 2.45) is 0 Å². The molecule has 0 amide bonds. The average molecular weight is 159 g/mol. The van der Waals surface area contributed by atoms with Crippen LogP contribution >= 0.6 is 11.8 Å². The van der Waals surface area contributed by atoms with Crippen molar-refractivity contribution >= 4 is 17.5 Å². The van der Waals surface area contributed by atoms with Crippen LogP contribution in [-0.4, -0.2) is 34.9 Å². The van der Waals surface area contributed by atoms with Crippen molar-refractivity contribution in [1.29, 1.82) is 0 Å². The molecule has 1 saturated heterocycles. The van der Waals surface area contributed by atoms with Crippen LogP contribution in [0.4, 0.5) is 0 Å². The first kappa shape index (κ1) is 8.08. The summed E-state index contributed by atoms with van der Waals surface area (Å²) in [6.45, 7) is 5.84. The van der Waals surface area contributed by atoms with E-state index in [1.165, 1.54) is 0 Å². The van der Waals surface area contributed by atoms with Crippen LogP contribution in [0.25, 0.3) is 0 Å². The molecule has 0 aliphatic carbocycles. The van der Waals surface area contributed by atoms with E-state index in [4.69, 9.17) is 0 Å². The van der Waals surface area contributed by atoms with Gasteiger partial charge in [0.1, 0.15) is 5.37 Å². The highest BCUT2D eigenvalue weighted by Crippen LogP contribution is 2.23. The summed E-state index contributed by atoms with van der Waals surface area (Å²) >= 11 is 1.76. The lowest BCUT2D eigenvalue weighted by Gasteiger charge is -2.18. The Morgan fingerprint density at radius 3 is 2.90 bits per heavy atom. The zero-order valence-corrected chi connectivity index (χ0v) is 7.28. The molecule has 3 heteroatoms. The van der Waals surface area contributed by atoms with Crippen molar-refractivity contribution in [2.75, 3.05) is 18.8 Å². The molecule has 1 atom stereocenters. The van der Waals surface area contributed by atoms with Crippen molar-refractivity contribution < 1.29 is 4.79 Å². The van der Waals surface area contributed by atoms with Gasteiger partial charge in [-0.15, -0.1) is 11.8 Å². The van der Waals surface area contributed by atoms with Gasteiger partial charge in [0.25, 0.3) is 0 Å². The predicted molar refractivity (Wildman–Crippen MR) is 44.2 cm³/mol. The maximum atomic E-state index is 11.0. The van der Waals surface area contributed by atoms with Gasteiger partial charge in [-0.05, 0) is 13.5 Å². The number of carbonyl (C=O) groups excluding carboxylic acids is 1. The summed E-state index contributed by atoms with van der Waals surface area (Å²) in [5, 5.41) is 0.157. The lowest BCUT2D eigenvalue weighted by atomic mass is 10.4. The largest absolute Gasteiger partial charge is 0.297 e. The Morgan fingerprint density at radius 2 is 2.50 bits per heavy atom. The molecule has 0 N–H and O–H groups in total. The van der Waals surface area contributed by atoms with Gasteiger partial charge in [-0.3, -0.25) is 9.69 Å². The standard InChI is InChI=1S/C7H13NOS/c1-3-8-4-5-10-7(8)6(2)9/h7H,3-5H2,1-2H3. The summed E-state index contributed by atoms with van der Waals surface area (Å²) in [6.07, 6.45) is 0. The molecule has 1 fully saturated rings. The Bertz CT molecular complexity index is 138. The van der Waals surface area contributed by atoms with E-state index in [0.29, 0.717) is 5.78 Å². The molecular formula is C7H13NOS. The van der Waals surface area contributed by atoms with Crippen molar-refractivity contribution in [1.82, 2.24) is 4.90 Å². The monoisotopic (exact) mass is 159 g/mol. The van der Waals surface area contributed by atoms with Gasteiger partial charge < -0.3 is 0 Å². The third-order valence-corrected chi connectivity index (χ3v) is 3.10. The molecule has 0 aromatic rings. The average Bonchev–Trinajstić information content (AvgIpc) is 2.33. The van der Waals surface area contributed by atoms with Gasteiger partial charge in [0.2, 0.25) is 0 Å². The zero-order chi connectivity index (χ0) is 7.56. The fourth-order valence-electron chi connectivity index (χ4n) is 1.20. The molecule has 1 heterocycles. The summed E-state index contributed by atoms with van der Waals surface area (Å²) in [5.41, 5.74) is 0. The minimum absolute atomic E-state index is 0.157. The highest BCUT2D eigenvalue weighted by Gasteiger charge is 2.26. The number of hydrogen-bond acceptors (Lipinski definition) is 3. The lowest BCUT2D eigenvalue weighted by Crippen LogP contribution is -2.32. The van der Waals surface area contributed by atoms with Crippen LogP contribution in [0, 0.1) is 0 Å². The Kier molecular flexibility index (Phi) is 2.74. The summed E-state index contributed by atoms with van der Waals surface area (Å²) in [7, 11) is 0.